The first kappa shape index (κ1) is 16.7. The van der Waals surface area contributed by atoms with Crippen LogP contribution < -0.4 is 4.90 Å². The van der Waals surface area contributed by atoms with Crippen molar-refractivity contribution < 1.29 is 33.1 Å². The minimum Gasteiger partial charge on any atom is -0.477 e. The molecule has 0 aliphatic heterocycles. The lowest BCUT2D eigenvalue weighted by Gasteiger charge is -2.24. The van der Waals surface area contributed by atoms with E-state index < -0.39 is 53.2 Å². The molecule has 0 unspecified atom stereocenters. The molecule has 0 bridgehead atoms. The van der Waals surface area contributed by atoms with Gasteiger partial charge in [-0.1, -0.05) is 0 Å². The minimum atomic E-state index is -2.86. The number of aliphatic hydroxyl groups excluding tert-OH is 1. The molecule has 0 spiro atoms. The van der Waals surface area contributed by atoms with Crippen molar-refractivity contribution in [3.63, 3.8) is 0 Å². The molecule has 0 atom stereocenters. The molecule has 1 aromatic carbocycles. The van der Waals surface area contributed by atoms with Crippen molar-refractivity contribution in [1.29, 1.82) is 0 Å². The summed E-state index contributed by atoms with van der Waals surface area (Å²) in [6, 6.07) is 0.961. The van der Waals surface area contributed by atoms with Gasteiger partial charge in [-0.15, -0.1) is 0 Å². The van der Waals surface area contributed by atoms with Crippen molar-refractivity contribution in [2.24, 2.45) is 0 Å². The van der Waals surface area contributed by atoms with Crippen LogP contribution in [0.15, 0.2) is 12.1 Å². The highest BCUT2D eigenvalue weighted by atomic mass is 19.3. The fraction of sp³-hybridized carbons (Fsp3) is 0.364. The second kappa shape index (κ2) is 6.88. The van der Waals surface area contributed by atoms with Crippen molar-refractivity contribution in [3.05, 3.63) is 33.6 Å². The van der Waals surface area contributed by atoms with E-state index in [-0.39, 0.29) is 6.54 Å². The van der Waals surface area contributed by atoms with Gasteiger partial charge in [-0.2, -0.15) is 0 Å². The number of halogens is 3. The molecule has 7 nitrogen and oxygen atoms in total. The average molecular weight is 308 g/mol. The molecule has 1 rings (SSSR count). The number of aromatic carboxylic acids is 1. The van der Waals surface area contributed by atoms with E-state index in [0.717, 1.165) is 4.90 Å². The highest BCUT2D eigenvalue weighted by Crippen LogP contribution is 2.29. The van der Waals surface area contributed by atoms with Gasteiger partial charge in [0.2, 0.25) is 0 Å². The molecule has 2 N–H and O–H groups in total. The maximum atomic E-state index is 13.8. The van der Waals surface area contributed by atoms with Gasteiger partial charge in [0, 0.05) is 6.54 Å². The highest BCUT2D eigenvalue weighted by molar-refractivity contribution is 5.93. The van der Waals surface area contributed by atoms with Gasteiger partial charge in [-0.25, -0.2) is 18.0 Å². The molecule has 0 aliphatic rings. The summed E-state index contributed by atoms with van der Waals surface area (Å²) in [5.41, 5.74) is -2.36. The van der Waals surface area contributed by atoms with Crippen LogP contribution in [0.2, 0.25) is 0 Å². The molecular formula is C11H11F3N2O5. The van der Waals surface area contributed by atoms with Gasteiger partial charge in [-0.05, 0) is 6.07 Å². The second-order valence-electron chi connectivity index (χ2n) is 3.94. The Kier molecular flexibility index (Phi) is 5.47. The highest BCUT2D eigenvalue weighted by Gasteiger charge is 2.26. The van der Waals surface area contributed by atoms with E-state index in [1.54, 1.807) is 0 Å². The van der Waals surface area contributed by atoms with Gasteiger partial charge >= 0.3 is 5.97 Å². The number of anilines is 1. The Balaban J connectivity index is 3.37. The van der Waals surface area contributed by atoms with Crippen molar-refractivity contribution in [3.8, 4) is 0 Å². The maximum Gasteiger partial charge on any atom is 0.342 e. The van der Waals surface area contributed by atoms with Crippen molar-refractivity contribution in [2.45, 2.75) is 6.43 Å². The molecule has 0 aromatic heterocycles. The lowest BCUT2D eigenvalue weighted by molar-refractivity contribution is -0.385. The van der Waals surface area contributed by atoms with E-state index in [0.29, 0.717) is 12.1 Å². The lowest BCUT2D eigenvalue weighted by Crippen LogP contribution is -2.32. The van der Waals surface area contributed by atoms with Crippen LogP contribution in [0.1, 0.15) is 10.4 Å². The molecule has 0 aliphatic carbocycles. The molecule has 0 amide bonds. The van der Waals surface area contributed by atoms with Crippen LogP contribution in [0.4, 0.5) is 24.5 Å². The van der Waals surface area contributed by atoms with E-state index in [1.165, 1.54) is 0 Å². The van der Waals surface area contributed by atoms with E-state index in [9.17, 15) is 28.1 Å². The van der Waals surface area contributed by atoms with Crippen LogP contribution in [-0.4, -0.2) is 47.2 Å². The molecule has 10 heteroatoms. The zero-order chi connectivity index (χ0) is 16.2. The Bertz CT molecular complexity index is 553. The zero-order valence-electron chi connectivity index (χ0n) is 10.5. The number of carbonyl (C=O) groups is 1. The number of nitro groups is 1. The summed E-state index contributed by atoms with van der Waals surface area (Å²) < 4.78 is 38.7. The van der Waals surface area contributed by atoms with Crippen LogP contribution in [0, 0.1) is 15.9 Å². The van der Waals surface area contributed by atoms with Crippen molar-refractivity contribution in [1.82, 2.24) is 0 Å². The number of carboxylic acids is 1. The number of nitro benzene ring substituents is 1. The Labute approximate surface area is 116 Å². The third-order valence-corrected chi connectivity index (χ3v) is 2.56. The minimum absolute atomic E-state index is 0.356. The van der Waals surface area contributed by atoms with Crippen LogP contribution in [0.25, 0.3) is 0 Å². The summed E-state index contributed by atoms with van der Waals surface area (Å²) in [5.74, 6) is -2.91. The number of aliphatic hydroxyl groups is 1. The number of hydrogen-bond donors (Lipinski definition) is 2. The first-order valence-electron chi connectivity index (χ1n) is 5.63. The van der Waals surface area contributed by atoms with Gasteiger partial charge in [0.1, 0.15) is 5.56 Å². The predicted octanol–water partition coefficient (Wildman–Crippen LogP) is 1.50. The smallest absolute Gasteiger partial charge is 0.342 e. The number of hydrogen-bond acceptors (Lipinski definition) is 5. The number of carboxylic acid groups (broad SMARTS) is 1. The lowest BCUT2D eigenvalue weighted by atomic mass is 10.1. The average Bonchev–Trinajstić information content (AvgIpc) is 2.36. The fourth-order valence-corrected chi connectivity index (χ4v) is 1.71. The monoisotopic (exact) mass is 308 g/mol. The first-order valence-corrected chi connectivity index (χ1v) is 5.63. The summed E-state index contributed by atoms with van der Waals surface area (Å²) in [5, 5.41) is 28.3. The summed E-state index contributed by atoms with van der Waals surface area (Å²) in [6.07, 6.45) is -2.86. The maximum absolute atomic E-state index is 13.8. The van der Waals surface area contributed by atoms with Crippen molar-refractivity contribution >= 4 is 17.3 Å². The Morgan fingerprint density at radius 1 is 1.43 bits per heavy atom. The van der Waals surface area contributed by atoms with E-state index in [2.05, 4.69) is 0 Å². The third-order valence-electron chi connectivity index (χ3n) is 2.56. The quantitative estimate of drug-likeness (QED) is 0.584. The van der Waals surface area contributed by atoms with Gasteiger partial charge < -0.3 is 15.1 Å². The normalized spacial score (nSPS) is 10.7. The Hall–Kier alpha value is -2.36. The Morgan fingerprint density at radius 2 is 2.05 bits per heavy atom. The SMILES string of the molecule is O=C(O)c1cc(N(CCO)CC(F)F)c(F)cc1[N+](=O)[O-]. The molecule has 21 heavy (non-hydrogen) atoms. The van der Waals surface area contributed by atoms with Gasteiger partial charge in [0.05, 0.1) is 29.8 Å². The third kappa shape index (κ3) is 4.05. The van der Waals surface area contributed by atoms with E-state index >= 15 is 0 Å². The summed E-state index contributed by atoms with van der Waals surface area (Å²) in [7, 11) is 0. The van der Waals surface area contributed by atoms with Crippen LogP contribution in [-0.2, 0) is 0 Å². The molecule has 0 heterocycles. The topological polar surface area (TPSA) is 104 Å². The van der Waals surface area contributed by atoms with Gasteiger partial charge in [0.25, 0.3) is 12.1 Å². The van der Waals surface area contributed by atoms with E-state index in [4.69, 9.17) is 10.2 Å². The molecule has 0 radical (unpaired) electrons. The van der Waals surface area contributed by atoms with Crippen LogP contribution in [0.5, 0.6) is 0 Å². The largest absolute Gasteiger partial charge is 0.477 e. The number of nitrogens with zero attached hydrogens (tertiary/aromatic N) is 2. The second-order valence-corrected chi connectivity index (χ2v) is 3.94. The molecular weight excluding hydrogens is 297 g/mol. The van der Waals surface area contributed by atoms with E-state index in [1.807, 2.05) is 0 Å². The molecule has 0 saturated heterocycles. The molecule has 1 aromatic rings. The summed E-state index contributed by atoms with van der Waals surface area (Å²) in [6.45, 7) is -1.90. The summed E-state index contributed by atoms with van der Waals surface area (Å²) >= 11 is 0. The number of rotatable bonds is 7. The van der Waals surface area contributed by atoms with Crippen LogP contribution >= 0.6 is 0 Å². The molecule has 0 fully saturated rings. The van der Waals surface area contributed by atoms with Gasteiger partial charge in [0.15, 0.2) is 5.82 Å². The first-order chi connectivity index (χ1) is 9.77. The Morgan fingerprint density at radius 3 is 2.48 bits per heavy atom. The van der Waals surface area contributed by atoms with Crippen LogP contribution in [0.3, 0.4) is 0 Å². The van der Waals surface area contributed by atoms with Gasteiger partial charge in [-0.3, -0.25) is 10.1 Å². The number of benzene rings is 1. The summed E-state index contributed by atoms with van der Waals surface area (Å²) in [4.78, 5) is 21.2. The zero-order valence-corrected chi connectivity index (χ0v) is 10.5. The number of alkyl halides is 2. The molecule has 0 saturated carbocycles. The standard InChI is InChI=1S/C11H11F3N2O5/c12-7-4-8(16(20)21)6(11(18)19)3-9(7)15(1-2-17)5-10(13)14/h3-4,10,17H,1-2,5H2,(H,18,19). The predicted molar refractivity (Wildman–Crippen MR) is 65.3 cm³/mol. The fourth-order valence-electron chi connectivity index (χ4n) is 1.71. The van der Waals surface area contributed by atoms with Crippen molar-refractivity contribution in [2.75, 3.05) is 24.6 Å². The molecule has 116 valence electrons.